The van der Waals surface area contributed by atoms with Gasteiger partial charge in [0, 0.05) is 25.7 Å². The monoisotopic (exact) mass is 321 g/mol. The molecule has 0 unspecified atom stereocenters. The Hall–Kier alpha value is -1.10. The summed E-state index contributed by atoms with van der Waals surface area (Å²) in [4.78, 5) is 24.5. The van der Waals surface area contributed by atoms with Gasteiger partial charge in [0.05, 0.1) is 5.41 Å². The number of carbonyl (C=O) groups excluding carboxylic acids is 1. The number of aliphatic carboxylic acids is 1. The maximum atomic E-state index is 12.8. The highest BCUT2D eigenvalue weighted by atomic mass is 16.5. The molecule has 4 aliphatic carbocycles. The number of nitrogens with one attached hydrogen (secondary N) is 1. The SMILES string of the molecule is O=C(NCC1(C(=O)O)CCOCC1)C1C2CC3CC(C2)CC1C3. The summed E-state index contributed by atoms with van der Waals surface area (Å²) < 4.78 is 5.30. The number of hydrogen-bond donors (Lipinski definition) is 2. The zero-order chi connectivity index (χ0) is 16.0. The molecular weight excluding hydrogens is 294 g/mol. The second-order valence-electron chi connectivity index (χ2n) is 8.37. The van der Waals surface area contributed by atoms with E-state index in [2.05, 4.69) is 5.32 Å². The summed E-state index contributed by atoms with van der Waals surface area (Å²) in [6.45, 7) is 1.20. The van der Waals surface area contributed by atoms with Crippen molar-refractivity contribution in [3.8, 4) is 0 Å². The first kappa shape index (κ1) is 15.4. The summed E-state index contributed by atoms with van der Waals surface area (Å²) in [6, 6.07) is 0. The second kappa shape index (κ2) is 5.76. The lowest BCUT2D eigenvalue weighted by Crippen LogP contribution is -2.53. The van der Waals surface area contributed by atoms with Crippen LogP contribution in [-0.4, -0.2) is 36.7 Å². The van der Waals surface area contributed by atoms with Gasteiger partial charge in [-0.3, -0.25) is 9.59 Å². The van der Waals surface area contributed by atoms with Crippen LogP contribution in [-0.2, 0) is 14.3 Å². The number of rotatable bonds is 4. The Balaban J connectivity index is 1.41. The van der Waals surface area contributed by atoms with E-state index in [9.17, 15) is 14.7 Å². The van der Waals surface area contributed by atoms with Crippen LogP contribution < -0.4 is 5.32 Å². The predicted octanol–water partition coefficient (Wildman–Crippen LogP) is 2.06. The Kier molecular flexibility index (Phi) is 3.87. The lowest BCUT2D eigenvalue weighted by molar-refractivity contribution is -0.155. The van der Waals surface area contributed by atoms with Gasteiger partial charge in [0.2, 0.25) is 5.91 Å². The molecule has 5 rings (SSSR count). The summed E-state index contributed by atoms with van der Waals surface area (Å²) in [6.07, 6.45) is 7.20. The molecule has 5 heteroatoms. The molecule has 1 aliphatic heterocycles. The van der Waals surface area contributed by atoms with Gasteiger partial charge in [-0.25, -0.2) is 0 Å². The van der Waals surface area contributed by atoms with Gasteiger partial charge in [-0.15, -0.1) is 0 Å². The maximum absolute atomic E-state index is 12.8. The quantitative estimate of drug-likeness (QED) is 0.831. The summed E-state index contributed by atoms with van der Waals surface area (Å²) in [5, 5.41) is 12.6. The average molecular weight is 321 g/mol. The molecular formula is C18H27NO4. The van der Waals surface area contributed by atoms with Gasteiger partial charge in [-0.2, -0.15) is 0 Å². The number of hydrogen-bond acceptors (Lipinski definition) is 3. The summed E-state index contributed by atoms with van der Waals surface area (Å²) in [5.74, 6) is 2.24. The van der Waals surface area contributed by atoms with Crippen molar-refractivity contribution in [3.05, 3.63) is 0 Å². The van der Waals surface area contributed by atoms with Crippen LogP contribution in [0.5, 0.6) is 0 Å². The van der Waals surface area contributed by atoms with E-state index in [4.69, 9.17) is 4.74 Å². The lowest BCUT2D eigenvalue weighted by Gasteiger charge is -2.53. The first-order chi connectivity index (χ1) is 11.1. The molecule has 4 saturated carbocycles. The summed E-state index contributed by atoms with van der Waals surface area (Å²) in [7, 11) is 0. The van der Waals surface area contributed by atoms with Crippen LogP contribution in [0.25, 0.3) is 0 Å². The van der Waals surface area contributed by atoms with E-state index in [-0.39, 0.29) is 18.4 Å². The summed E-state index contributed by atoms with van der Waals surface area (Å²) in [5.41, 5.74) is -0.834. The standard InChI is InChI=1S/C18H27NO4/c20-16(19-10-18(17(21)22)1-3-23-4-2-18)15-13-6-11-5-12(8-13)9-14(15)7-11/h11-15H,1-10H2,(H,19,20)(H,21,22). The molecule has 1 saturated heterocycles. The van der Waals surface area contributed by atoms with E-state index in [1.54, 1.807) is 0 Å². The first-order valence-electron chi connectivity index (χ1n) is 9.16. The molecule has 5 fully saturated rings. The smallest absolute Gasteiger partial charge is 0.311 e. The Labute approximate surface area is 137 Å². The van der Waals surface area contributed by atoms with Gasteiger partial charge < -0.3 is 15.2 Å². The number of carboxylic acid groups (broad SMARTS) is 1. The molecule has 4 bridgehead atoms. The Morgan fingerprint density at radius 2 is 1.57 bits per heavy atom. The third kappa shape index (κ3) is 2.67. The fraction of sp³-hybridized carbons (Fsp3) is 0.889. The lowest BCUT2D eigenvalue weighted by atomic mass is 9.51. The van der Waals surface area contributed by atoms with E-state index < -0.39 is 11.4 Å². The zero-order valence-electron chi connectivity index (χ0n) is 13.6. The van der Waals surface area contributed by atoms with Crippen molar-refractivity contribution in [2.75, 3.05) is 19.8 Å². The van der Waals surface area contributed by atoms with Crippen molar-refractivity contribution in [1.82, 2.24) is 5.32 Å². The van der Waals surface area contributed by atoms with Crippen molar-refractivity contribution in [2.24, 2.45) is 35.0 Å². The number of carbonyl (C=O) groups is 2. The van der Waals surface area contributed by atoms with Gasteiger partial charge in [0.25, 0.3) is 0 Å². The number of amides is 1. The van der Waals surface area contributed by atoms with Crippen molar-refractivity contribution in [3.63, 3.8) is 0 Å². The topological polar surface area (TPSA) is 75.6 Å². The van der Waals surface area contributed by atoms with Crippen LogP contribution in [0, 0.1) is 35.0 Å². The number of carboxylic acids is 1. The molecule has 128 valence electrons. The molecule has 0 aromatic heterocycles. The van der Waals surface area contributed by atoms with Gasteiger partial charge in [-0.05, 0) is 68.6 Å². The van der Waals surface area contributed by atoms with Gasteiger partial charge in [0.1, 0.15) is 0 Å². The summed E-state index contributed by atoms with van der Waals surface area (Å²) >= 11 is 0. The van der Waals surface area contributed by atoms with E-state index in [0.29, 0.717) is 37.9 Å². The minimum absolute atomic E-state index is 0.117. The Morgan fingerprint density at radius 1 is 1.00 bits per heavy atom. The van der Waals surface area contributed by atoms with Crippen LogP contribution in [0.1, 0.15) is 44.9 Å². The molecule has 23 heavy (non-hydrogen) atoms. The minimum Gasteiger partial charge on any atom is -0.481 e. The molecule has 5 aliphatic rings. The van der Waals surface area contributed by atoms with Crippen LogP contribution in [0.3, 0.4) is 0 Å². The molecule has 0 atom stereocenters. The van der Waals surface area contributed by atoms with Gasteiger partial charge >= 0.3 is 5.97 Å². The molecule has 0 spiro atoms. The second-order valence-corrected chi connectivity index (χ2v) is 8.37. The highest BCUT2D eigenvalue weighted by molar-refractivity contribution is 5.81. The fourth-order valence-corrected chi connectivity index (χ4v) is 5.96. The minimum atomic E-state index is -0.834. The van der Waals surface area contributed by atoms with Crippen LogP contribution in [0.15, 0.2) is 0 Å². The van der Waals surface area contributed by atoms with Crippen molar-refractivity contribution in [1.29, 1.82) is 0 Å². The molecule has 5 nitrogen and oxygen atoms in total. The van der Waals surface area contributed by atoms with Crippen LogP contribution in [0.4, 0.5) is 0 Å². The molecule has 0 radical (unpaired) electrons. The van der Waals surface area contributed by atoms with E-state index in [1.807, 2.05) is 0 Å². The Morgan fingerprint density at radius 3 is 2.09 bits per heavy atom. The van der Waals surface area contributed by atoms with E-state index in [0.717, 1.165) is 11.8 Å². The number of ether oxygens (including phenoxy) is 1. The maximum Gasteiger partial charge on any atom is 0.311 e. The van der Waals surface area contributed by atoms with E-state index >= 15 is 0 Å². The normalized spacial score (nSPS) is 40.8. The molecule has 2 N–H and O–H groups in total. The highest BCUT2D eigenvalue weighted by Crippen LogP contribution is 2.56. The van der Waals surface area contributed by atoms with Crippen LogP contribution in [0.2, 0.25) is 0 Å². The highest BCUT2D eigenvalue weighted by Gasteiger charge is 2.51. The molecule has 0 aromatic carbocycles. The third-order valence-corrected chi connectivity index (χ3v) is 7.03. The van der Waals surface area contributed by atoms with E-state index in [1.165, 1.54) is 32.1 Å². The molecule has 1 amide bonds. The largest absolute Gasteiger partial charge is 0.481 e. The predicted molar refractivity (Wildman–Crippen MR) is 83.7 cm³/mol. The third-order valence-electron chi connectivity index (χ3n) is 7.03. The van der Waals surface area contributed by atoms with Crippen molar-refractivity contribution >= 4 is 11.9 Å². The van der Waals surface area contributed by atoms with Crippen molar-refractivity contribution < 1.29 is 19.4 Å². The van der Waals surface area contributed by atoms with Gasteiger partial charge in [0.15, 0.2) is 0 Å². The van der Waals surface area contributed by atoms with Gasteiger partial charge in [-0.1, -0.05) is 0 Å². The molecule has 1 heterocycles. The Bertz CT molecular complexity index is 469. The van der Waals surface area contributed by atoms with Crippen LogP contribution >= 0.6 is 0 Å². The molecule has 0 aromatic rings. The fourth-order valence-electron chi connectivity index (χ4n) is 5.96. The zero-order valence-corrected chi connectivity index (χ0v) is 13.6. The average Bonchev–Trinajstić information content (AvgIpc) is 2.52. The van der Waals surface area contributed by atoms with Crippen molar-refractivity contribution in [2.45, 2.75) is 44.9 Å². The first-order valence-corrected chi connectivity index (χ1v) is 9.16.